The van der Waals surface area contributed by atoms with Gasteiger partial charge in [-0.15, -0.1) is 0 Å². The van der Waals surface area contributed by atoms with Gasteiger partial charge in [-0.3, -0.25) is 14.4 Å². The molecule has 0 aromatic heterocycles. The van der Waals surface area contributed by atoms with Crippen LogP contribution in [0.1, 0.15) is 233 Å². The van der Waals surface area contributed by atoms with Crippen molar-refractivity contribution in [3.63, 3.8) is 0 Å². The van der Waals surface area contributed by atoms with Crippen LogP contribution in [0.5, 0.6) is 0 Å². The van der Waals surface area contributed by atoms with Crippen LogP contribution >= 0.6 is 0 Å². The van der Waals surface area contributed by atoms with Crippen molar-refractivity contribution in [3.05, 3.63) is 48.6 Å². The Morgan fingerprint density at radius 2 is 0.679 bits per heavy atom. The Labute approximate surface area is 346 Å². The molecule has 0 heterocycles. The monoisotopic (exact) mass is 785 g/mol. The van der Waals surface area contributed by atoms with E-state index in [0.29, 0.717) is 19.3 Å². The fraction of sp³-hybridized carbons (Fsp3) is 0.780. The molecule has 0 fully saturated rings. The molecule has 0 aliphatic rings. The first kappa shape index (κ1) is 53.4. The Kier molecular flexibility index (Phi) is 43.0. The van der Waals surface area contributed by atoms with E-state index >= 15 is 0 Å². The first-order valence-corrected chi connectivity index (χ1v) is 23.6. The Hall–Kier alpha value is -2.63. The molecule has 0 N–H and O–H groups in total. The van der Waals surface area contributed by atoms with E-state index in [1.165, 1.54) is 96.3 Å². The van der Waals surface area contributed by atoms with Crippen LogP contribution in [0, 0.1) is 0 Å². The third-order valence-electron chi connectivity index (χ3n) is 10.0. The Bertz CT molecular complexity index is 996. The van der Waals surface area contributed by atoms with Crippen LogP contribution in [0.25, 0.3) is 0 Å². The molecule has 0 aromatic carbocycles. The van der Waals surface area contributed by atoms with Crippen molar-refractivity contribution < 1.29 is 28.6 Å². The summed E-state index contributed by atoms with van der Waals surface area (Å²) in [5.41, 5.74) is 0. The summed E-state index contributed by atoms with van der Waals surface area (Å²) in [5, 5.41) is 0. The second-order valence-electron chi connectivity index (χ2n) is 15.7. The zero-order valence-electron chi connectivity index (χ0n) is 36.9. The van der Waals surface area contributed by atoms with E-state index < -0.39 is 6.10 Å². The number of esters is 3. The third-order valence-corrected chi connectivity index (χ3v) is 10.0. The normalized spacial score (nSPS) is 12.4. The van der Waals surface area contributed by atoms with Crippen LogP contribution in [0.3, 0.4) is 0 Å². The first-order valence-electron chi connectivity index (χ1n) is 23.6. The van der Waals surface area contributed by atoms with Gasteiger partial charge < -0.3 is 14.2 Å². The zero-order chi connectivity index (χ0) is 40.8. The lowest BCUT2D eigenvalue weighted by Gasteiger charge is -2.18. The molecule has 0 amide bonds. The molecular weight excluding hydrogens is 697 g/mol. The van der Waals surface area contributed by atoms with Crippen LogP contribution in [0.4, 0.5) is 0 Å². The van der Waals surface area contributed by atoms with Gasteiger partial charge in [-0.25, -0.2) is 0 Å². The Morgan fingerprint density at radius 3 is 1.09 bits per heavy atom. The summed E-state index contributed by atoms with van der Waals surface area (Å²) in [5.74, 6) is -0.912. The number of hydrogen-bond donors (Lipinski definition) is 0. The Morgan fingerprint density at radius 1 is 0.357 bits per heavy atom. The third kappa shape index (κ3) is 42.5. The maximum atomic E-state index is 12.6. The van der Waals surface area contributed by atoms with Gasteiger partial charge in [-0.1, -0.05) is 185 Å². The van der Waals surface area contributed by atoms with Crippen molar-refractivity contribution in [3.8, 4) is 0 Å². The van der Waals surface area contributed by atoms with Crippen LogP contribution in [0.15, 0.2) is 48.6 Å². The van der Waals surface area contributed by atoms with Crippen molar-refractivity contribution in [1.82, 2.24) is 0 Å². The molecule has 0 rings (SSSR count). The molecule has 0 aromatic rings. The predicted molar refractivity (Wildman–Crippen MR) is 238 cm³/mol. The summed E-state index contributed by atoms with van der Waals surface area (Å²) < 4.78 is 16.6. The van der Waals surface area contributed by atoms with Crippen molar-refractivity contribution in [2.75, 3.05) is 13.2 Å². The summed E-state index contributed by atoms with van der Waals surface area (Å²) >= 11 is 0. The predicted octanol–water partition coefficient (Wildman–Crippen LogP) is 15.1. The summed E-state index contributed by atoms with van der Waals surface area (Å²) in [4.78, 5) is 37.6. The summed E-state index contributed by atoms with van der Waals surface area (Å²) in [7, 11) is 0. The minimum absolute atomic E-state index is 0.0806. The summed E-state index contributed by atoms with van der Waals surface area (Å²) in [6.45, 7) is 6.49. The average molecular weight is 785 g/mol. The standard InChI is InChI=1S/C50H88O6/c1-4-7-10-13-16-18-20-21-22-23-24-25-26-27-28-29-30-32-34-37-40-43-49(52)55-46-47(45-54-48(51)42-39-36-33-15-12-9-6-3)56-50(53)44-41-38-35-31-19-17-14-11-8-5-2/h11,14,20-21,23-24,26-27,47H,4-10,12-13,15-19,22,25,28-46H2,1-3H3/b14-11-,21-20-,24-23-,27-26-. The van der Waals surface area contributed by atoms with E-state index in [1.807, 2.05) is 0 Å². The highest BCUT2D eigenvalue weighted by Gasteiger charge is 2.19. The molecule has 0 saturated carbocycles. The lowest BCUT2D eigenvalue weighted by molar-refractivity contribution is -0.167. The number of ether oxygens (including phenoxy) is 3. The van der Waals surface area contributed by atoms with Crippen molar-refractivity contribution in [1.29, 1.82) is 0 Å². The first-order chi connectivity index (χ1) is 27.5. The molecule has 1 atom stereocenters. The molecule has 1 unspecified atom stereocenters. The van der Waals surface area contributed by atoms with Crippen molar-refractivity contribution in [2.45, 2.75) is 239 Å². The zero-order valence-corrected chi connectivity index (χ0v) is 36.9. The average Bonchev–Trinajstić information content (AvgIpc) is 3.19. The van der Waals surface area contributed by atoms with E-state index in [9.17, 15) is 14.4 Å². The highest BCUT2D eigenvalue weighted by molar-refractivity contribution is 5.71. The minimum Gasteiger partial charge on any atom is -0.462 e. The fourth-order valence-electron chi connectivity index (χ4n) is 6.45. The van der Waals surface area contributed by atoms with E-state index in [1.54, 1.807) is 0 Å². The van der Waals surface area contributed by atoms with Crippen LogP contribution in [0.2, 0.25) is 0 Å². The number of unbranched alkanes of at least 4 members (excludes halogenated alkanes) is 23. The van der Waals surface area contributed by atoms with Gasteiger partial charge in [-0.05, 0) is 77.0 Å². The maximum absolute atomic E-state index is 12.6. The SMILES string of the molecule is CCC/C=C\CCCCCCCC(=O)OC(COC(=O)CCCCCCCCC)COC(=O)CCCCCCCC/C=C\C/C=C\C/C=C\CCCCCCC. The van der Waals surface area contributed by atoms with Gasteiger partial charge in [-0.2, -0.15) is 0 Å². The summed E-state index contributed by atoms with van der Waals surface area (Å²) in [6.07, 6.45) is 52.5. The maximum Gasteiger partial charge on any atom is 0.306 e. The number of carbonyl (C=O) groups is 3. The second-order valence-corrected chi connectivity index (χ2v) is 15.7. The number of allylic oxidation sites excluding steroid dienone is 8. The lowest BCUT2D eigenvalue weighted by atomic mass is 10.1. The van der Waals surface area contributed by atoms with Gasteiger partial charge in [0.1, 0.15) is 13.2 Å². The van der Waals surface area contributed by atoms with Gasteiger partial charge >= 0.3 is 17.9 Å². The molecule has 0 saturated heterocycles. The van der Waals surface area contributed by atoms with Gasteiger partial charge in [0.05, 0.1) is 0 Å². The highest BCUT2D eigenvalue weighted by Crippen LogP contribution is 2.13. The van der Waals surface area contributed by atoms with Gasteiger partial charge in [0.25, 0.3) is 0 Å². The van der Waals surface area contributed by atoms with Crippen molar-refractivity contribution in [2.24, 2.45) is 0 Å². The van der Waals surface area contributed by atoms with Gasteiger partial charge in [0.15, 0.2) is 6.10 Å². The lowest BCUT2D eigenvalue weighted by Crippen LogP contribution is -2.30. The molecule has 0 aliphatic carbocycles. The van der Waals surface area contributed by atoms with Crippen LogP contribution < -0.4 is 0 Å². The molecule has 0 aliphatic heterocycles. The van der Waals surface area contributed by atoms with Gasteiger partial charge in [0, 0.05) is 19.3 Å². The van der Waals surface area contributed by atoms with Crippen molar-refractivity contribution >= 4 is 17.9 Å². The topological polar surface area (TPSA) is 78.9 Å². The molecule has 6 nitrogen and oxygen atoms in total. The van der Waals surface area contributed by atoms with E-state index in [-0.39, 0.29) is 31.1 Å². The van der Waals surface area contributed by atoms with Gasteiger partial charge in [0.2, 0.25) is 0 Å². The smallest absolute Gasteiger partial charge is 0.306 e. The minimum atomic E-state index is -0.777. The number of carbonyl (C=O) groups excluding carboxylic acids is 3. The molecule has 324 valence electrons. The quantitative estimate of drug-likeness (QED) is 0.0265. The largest absolute Gasteiger partial charge is 0.462 e. The number of hydrogen-bond acceptors (Lipinski definition) is 6. The van der Waals surface area contributed by atoms with E-state index in [0.717, 1.165) is 96.3 Å². The van der Waals surface area contributed by atoms with E-state index in [2.05, 4.69) is 69.4 Å². The molecule has 0 spiro atoms. The molecular formula is C50H88O6. The molecule has 6 heteroatoms. The molecule has 0 bridgehead atoms. The molecule has 0 radical (unpaired) electrons. The fourth-order valence-corrected chi connectivity index (χ4v) is 6.45. The summed E-state index contributed by atoms with van der Waals surface area (Å²) in [6, 6.07) is 0. The highest BCUT2D eigenvalue weighted by atomic mass is 16.6. The second kappa shape index (κ2) is 45.1. The van der Waals surface area contributed by atoms with Crippen LogP contribution in [-0.4, -0.2) is 37.2 Å². The molecule has 56 heavy (non-hydrogen) atoms. The van der Waals surface area contributed by atoms with Crippen LogP contribution in [-0.2, 0) is 28.6 Å². The van der Waals surface area contributed by atoms with E-state index in [4.69, 9.17) is 14.2 Å². The number of rotatable bonds is 42. The Balaban J connectivity index is 4.23.